The summed E-state index contributed by atoms with van der Waals surface area (Å²) >= 11 is 5.83. The summed E-state index contributed by atoms with van der Waals surface area (Å²) in [5.74, 6) is -0.490. The van der Waals surface area contributed by atoms with Crippen LogP contribution < -0.4 is 0 Å². The topological polar surface area (TPSA) is 63.7 Å². The number of piperidine rings is 1. The molecule has 1 aromatic carbocycles. The standard InChI is InChI=1S/C13H16ClNO4S/c1-19-13(16)10-5-7-15(8-6-10)20(17,18)12-4-2-3-11(14)9-12/h2-4,9-10H,5-8H2,1H3. The van der Waals surface area contributed by atoms with Crippen LogP contribution in [-0.2, 0) is 19.6 Å². The maximum Gasteiger partial charge on any atom is 0.308 e. The average Bonchev–Trinajstić information content (AvgIpc) is 2.46. The Morgan fingerprint density at radius 3 is 2.55 bits per heavy atom. The monoisotopic (exact) mass is 317 g/mol. The number of ether oxygens (including phenoxy) is 1. The highest BCUT2D eigenvalue weighted by molar-refractivity contribution is 7.89. The van der Waals surface area contributed by atoms with E-state index in [1.165, 1.54) is 23.5 Å². The van der Waals surface area contributed by atoms with Crippen molar-refractivity contribution in [1.29, 1.82) is 0 Å². The van der Waals surface area contributed by atoms with Crippen LogP contribution in [0.25, 0.3) is 0 Å². The smallest absolute Gasteiger partial charge is 0.308 e. The van der Waals surface area contributed by atoms with Gasteiger partial charge >= 0.3 is 5.97 Å². The number of carbonyl (C=O) groups is 1. The van der Waals surface area contributed by atoms with Crippen LogP contribution in [0.3, 0.4) is 0 Å². The molecule has 0 atom stereocenters. The summed E-state index contributed by atoms with van der Waals surface area (Å²) in [5, 5.41) is 0.385. The third kappa shape index (κ3) is 3.13. The number of nitrogens with zero attached hydrogens (tertiary/aromatic N) is 1. The number of hydrogen-bond acceptors (Lipinski definition) is 4. The average molecular weight is 318 g/mol. The van der Waals surface area contributed by atoms with Gasteiger partial charge in [-0.1, -0.05) is 17.7 Å². The van der Waals surface area contributed by atoms with Crippen molar-refractivity contribution in [3.05, 3.63) is 29.3 Å². The van der Waals surface area contributed by atoms with Crippen LogP contribution in [0.2, 0.25) is 5.02 Å². The molecule has 0 unspecified atom stereocenters. The van der Waals surface area contributed by atoms with Gasteiger partial charge in [-0.15, -0.1) is 0 Å². The van der Waals surface area contributed by atoms with E-state index < -0.39 is 10.0 Å². The zero-order valence-corrected chi connectivity index (χ0v) is 12.7. The van der Waals surface area contributed by atoms with Crippen molar-refractivity contribution in [3.8, 4) is 0 Å². The molecule has 7 heteroatoms. The first-order chi connectivity index (χ1) is 9.45. The van der Waals surface area contributed by atoms with Crippen molar-refractivity contribution in [3.63, 3.8) is 0 Å². The van der Waals surface area contributed by atoms with Crippen molar-refractivity contribution in [2.45, 2.75) is 17.7 Å². The number of methoxy groups -OCH3 is 1. The van der Waals surface area contributed by atoms with E-state index >= 15 is 0 Å². The molecule has 0 saturated carbocycles. The zero-order chi connectivity index (χ0) is 14.8. The van der Waals surface area contributed by atoms with Crippen molar-refractivity contribution in [2.75, 3.05) is 20.2 Å². The number of rotatable bonds is 3. The van der Waals surface area contributed by atoms with E-state index in [1.54, 1.807) is 12.1 Å². The first-order valence-corrected chi connectivity index (χ1v) is 8.10. The highest BCUT2D eigenvalue weighted by Crippen LogP contribution is 2.25. The molecule has 0 N–H and O–H groups in total. The quantitative estimate of drug-likeness (QED) is 0.799. The van der Waals surface area contributed by atoms with Crippen LogP contribution in [0, 0.1) is 5.92 Å². The lowest BCUT2D eigenvalue weighted by atomic mass is 9.99. The third-order valence-corrected chi connectivity index (χ3v) is 5.55. The molecule has 5 nitrogen and oxygen atoms in total. The molecule has 0 spiro atoms. The first kappa shape index (κ1) is 15.3. The lowest BCUT2D eigenvalue weighted by Crippen LogP contribution is -2.40. The van der Waals surface area contributed by atoms with Gasteiger partial charge in [0.15, 0.2) is 0 Å². The molecule has 2 rings (SSSR count). The van der Waals surface area contributed by atoms with E-state index in [1.807, 2.05) is 0 Å². The van der Waals surface area contributed by atoms with Crippen LogP contribution in [0.1, 0.15) is 12.8 Å². The Bertz CT molecular complexity index is 594. The third-order valence-electron chi connectivity index (χ3n) is 3.42. The first-order valence-electron chi connectivity index (χ1n) is 6.28. The summed E-state index contributed by atoms with van der Waals surface area (Å²) in [4.78, 5) is 11.6. The molecule has 1 saturated heterocycles. The predicted molar refractivity (Wildman–Crippen MR) is 75.0 cm³/mol. The van der Waals surface area contributed by atoms with Gasteiger partial charge < -0.3 is 4.74 Å². The van der Waals surface area contributed by atoms with Crippen molar-refractivity contribution in [2.24, 2.45) is 5.92 Å². The minimum atomic E-state index is -3.54. The summed E-state index contributed by atoms with van der Waals surface area (Å²) in [5.41, 5.74) is 0. The lowest BCUT2D eigenvalue weighted by Gasteiger charge is -2.29. The molecule has 1 aliphatic heterocycles. The van der Waals surface area contributed by atoms with Gasteiger partial charge in [-0.05, 0) is 31.0 Å². The van der Waals surface area contributed by atoms with Crippen LogP contribution in [0.15, 0.2) is 29.2 Å². The molecule has 1 fully saturated rings. The Morgan fingerprint density at radius 2 is 2.00 bits per heavy atom. The Labute approximate surface area is 123 Å². The van der Waals surface area contributed by atoms with Gasteiger partial charge in [0.25, 0.3) is 0 Å². The van der Waals surface area contributed by atoms with E-state index in [9.17, 15) is 13.2 Å². The molecular formula is C13H16ClNO4S. The summed E-state index contributed by atoms with van der Waals surface area (Å²) in [6.45, 7) is 0.628. The molecule has 0 amide bonds. The van der Waals surface area contributed by atoms with Gasteiger partial charge in [0.1, 0.15) is 0 Å². The molecular weight excluding hydrogens is 302 g/mol. The van der Waals surface area contributed by atoms with Crippen molar-refractivity contribution in [1.82, 2.24) is 4.31 Å². The van der Waals surface area contributed by atoms with Gasteiger partial charge in [-0.3, -0.25) is 4.79 Å². The maximum absolute atomic E-state index is 12.4. The van der Waals surface area contributed by atoms with Gasteiger partial charge in [-0.2, -0.15) is 4.31 Å². The number of hydrogen-bond donors (Lipinski definition) is 0. The minimum absolute atomic E-state index is 0.182. The maximum atomic E-state index is 12.4. The summed E-state index contributed by atoms with van der Waals surface area (Å²) in [6, 6.07) is 6.19. The minimum Gasteiger partial charge on any atom is -0.469 e. The number of benzene rings is 1. The molecule has 0 bridgehead atoms. The fourth-order valence-electron chi connectivity index (χ4n) is 2.28. The molecule has 0 radical (unpaired) electrons. The van der Waals surface area contributed by atoms with E-state index in [2.05, 4.69) is 4.74 Å². The number of sulfonamides is 1. The van der Waals surface area contributed by atoms with Gasteiger partial charge in [0.2, 0.25) is 10.0 Å². The molecule has 1 aromatic rings. The second-order valence-electron chi connectivity index (χ2n) is 4.66. The van der Waals surface area contributed by atoms with Crippen LogP contribution >= 0.6 is 11.6 Å². The predicted octanol–water partition coefficient (Wildman–Crippen LogP) is 1.91. The SMILES string of the molecule is COC(=O)C1CCN(S(=O)(=O)c2cccc(Cl)c2)CC1. The number of halogens is 1. The van der Waals surface area contributed by atoms with Crippen molar-refractivity contribution < 1.29 is 17.9 Å². The van der Waals surface area contributed by atoms with Crippen LogP contribution in [0.4, 0.5) is 0 Å². The second kappa shape index (κ2) is 6.11. The fourth-order valence-corrected chi connectivity index (χ4v) is 4.05. The van der Waals surface area contributed by atoms with Gasteiger partial charge in [0, 0.05) is 18.1 Å². The van der Waals surface area contributed by atoms with E-state index in [0.717, 1.165) is 0 Å². The summed E-state index contributed by atoms with van der Waals surface area (Å²) in [7, 11) is -2.20. The van der Waals surface area contributed by atoms with E-state index in [-0.39, 0.29) is 16.8 Å². The van der Waals surface area contributed by atoms with Crippen LogP contribution in [0.5, 0.6) is 0 Å². The molecule has 110 valence electrons. The lowest BCUT2D eigenvalue weighted by molar-refractivity contribution is -0.146. The molecule has 20 heavy (non-hydrogen) atoms. The summed E-state index contributed by atoms with van der Waals surface area (Å²) < 4.78 is 30.9. The van der Waals surface area contributed by atoms with Crippen LogP contribution in [-0.4, -0.2) is 38.9 Å². The largest absolute Gasteiger partial charge is 0.469 e. The Balaban J connectivity index is 2.11. The summed E-state index contributed by atoms with van der Waals surface area (Å²) in [6.07, 6.45) is 0.957. The highest BCUT2D eigenvalue weighted by Gasteiger charge is 2.32. The Morgan fingerprint density at radius 1 is 1.35 bits per heavy atom. The molecule has 0 aromatic heterocycles. The van der Waals surface area contributed by atoms with E-state index in [4.69, 9.17) is 11.6 Å². The number of esters is 1. The zero-order valence-electron chi connectivity index (χ0n) is 11.1. The molecule has 1 heterocycles. The normalized spacial score (nSPS) is 17.9. The van der Waals surface area contributed by atoms with Gasteiger partial charge in [-0.25, -0.2) is 8.42 Å². The Hall–Kier alpha value is -1.11. The highest BCUT2D eigenvalue weighted by atomic mass is 35.5. The van der Waals surface area contributed by atoms with Crippen molar-refractivity contribution >= 4 is 27.6 Å². The van der Waals surface area contributed by atoms with Gasteiger partial charge in [0.05, 0.1) is 17.9 Å². The van der Waals surface area contributed by atoms with E-state index in [0.29, 0.717) is 31.0 Å². The second-order valence-corrected chi connectivity index (χ2v) is 7.03. The fraction of sp³-hybridized carbons (Fsp3) is 0.462. The molecule has 0 aliphatic carbocycles. The molecule has 1 aliphatic rings. The number of carbonyl (C=O) groups excluding carboxylic acids is 1. The Kier molecular flexibility index (Phi) is 4.67.